The number of nitrogens with zero attached hydrogens (tertiary/aromatic N) is 6. The van der Waals surface area contributed by atoms with Gasteiger partial charge in [0.25, 0.3) is 11.5 Å². The van der Waals surface area contributed by atoms with E-state index >= 15 is 0 Å². The fourth-order valence-corrected chi connectivity index (χ4v) is 5.17. The number of amides is 2. The predicted octanol–water partition coefficient (Wildman–Crippen LogP) is 3.00. The molecule has 0 atom stereocenters. The summed E-state index contributed by atoms with van der Waals surface area (Å²) in [5.41, 5.74) is 2.39. The van der Waals surface area contributed by atoms with Crippen molar-refractivity contribution >= 4 is 53.3 Å². The molecular formula is C38H39N9O9. The molecule has 4 aromatic heterocycles. The highest BCUT2D eigenvalue weighted by atomic mass is 16.5. The summed E-state index contributed by atoms with van der Waals surface area (Å²) in [6.45, 7) is 1.11. The Labute approximate surface area is 320 Å². The summed E-state index contributed by atoms with van der Waals surface area (Å²) >= 11 is 0. The van der Waals surface area contributed by atoms with Crippen LogP contribution in [0.4, 0.5) is 28.7 Å². The lowest BCUT2D eigenvalue weighted by atomic mass is 10.1. The number of hydrogen-bond acceptors (Lipinski definition) is 15. The first kappa shape index (κ1) is 40.1. The van der Waals surface area contributed by atoms with Crippen LogP contribution in [0.1, 0.15) is 20.7 Å². The first-order valence-corrected chi connectivity index (χ1v) is 17.2. The maximum atomic E-state index is 12.7. The van der Waals surface area contributed by atoms with Gasteiger partial charge < -0.3 is 44.4 Å². The largest absolute Gasteiger partial charge is 0.494 e. The number of para-hydroxylation sites is 1. The molecule has 5 rings (SSSR count). The Balaban J connectivity index is 1.04. The van der Waals surface area contributed by atoms with E-state index in [9.17, 15) is 24.0 Å². The molecule has 4 heterocycles. The molecule has 1 aromatic carbocycles. The van der Waals surface area contributed by atoms with Crippen molar-refractivity contribution in [3.63, 3.8) is 0 Å². The van der Waals surface area contributed by atoms with E-state index in [0.29, 0.717) is 69.7 Å². The number of benzene rings is 1. The zero-order chi connectivity index (χ0) is 39.7. The molecule has 56 heavy (non-hydrogen) atoms. The smallest absolute Gasteiger partial charge is 0.325 e. The van der Waals surface area contributed by atoms with Gasteiger partial charge in [-0.1, -0.05) is 6.07 Å². The monoisotopic (exact) mass is 765 g/mol. The number of ether oxygens (including phenoxy) is 4. The number of aromatic nitrogens is 5. The summed E-state index contributed by atoms with van der Waals surface area (Å²) in [4.78, 5) is 78.3. The van der Waals surface area contributed by atoms with Gasteiger partial charge in [-0.3, -0.25) is 24.0 Å². The fraction of sp³-hybridized carbons (Fsp3) is 0.237. The van der Waals surface area contributed by atoms with Gasteiger partial charge in [-0.2, -0.15) is 0 Å². The number of rotatable bonds is 21. The van der Waals surface area contributed by atoms with Crippen LogP contribution < -0.4 is 31.1 Å². The number of pyridine rings is 3. The van der Waals surface area contributed by atoms with E-state index in [1.165, 1.54) is 49.8 Å². The third-order valence-corrected chi connectivity index (χ3v) is 7.97. The lowest BCUT2D eigenvalue weighted by Gasteiger charge is -2.18. The lowest BCUT2D eigenvalue weighted by Crippen LogP contribution is -2.30. The first-order valence-electron chi connectivity index (χ1n) is 17.2. The molecule has 2 amide bonds. The van der Waals surface area contributed by atoms with Crippen LogP contribution in [-0.4, -0.2) is 103 Å². The Morgan fingerprint density at radius 3 is 2.34 bits per heavy atom. The molecule has 0 aliphatic heterocycles. The molecule has 18 nitrogen and oxygen atoms in total. The lowest BCUT2D eigenvalue weighted by molar-refractivity contribution is -0.141. The maximum absolute atomic E-state index is 12.7. The average molecular weight is 766 g/mol. The average Bonchev–Trinajstić information content (AvgIpc) is 3.23. The summed E-state index contributed by atoms with van der Waals surface area (Å²) in [6, 6.07) is 14.8. The van der Waals surface area contributed by atoms with Crippen molar-refractivity contribution in [2.24, 2.45) is 0 Å². The molecule has 290 valence electrons. The molecule has 0 saturated heterocycles. The van der Waals surface area contributed by atoms with Crippen LogP contribution in [0, 0.1) is 0 Å². The van der Waals surface area contributed by atoms with E-state index in [2.05, 4.69) is 40.6 Å². The van der Waals surface area contributed by atoms with E-state index in [-0.39, 0.29) is 52.0 Å². The zero-order valence-electron chi connectivity index (χ0n) is 30.5. The summed E-state index contributed by atoms with van der Waals surface area (Å²) in [5, 5.41) is 9.10. The van der Waals surface area contributed by atoms with E-state index in [4.69, 9.17) is 14.2 Å². The second-order valence-corrected chi connectivity index (χ2v) is 11.6. The highest BCUT2D eigenvalue weighted by molar-refractivity contribution is 5.94. The minimum Gasteiger partial charge on any atom is -0.494 e. The molecule has 0 aliphatic carbocycles. The number of hydrogen-bond donors (Lipinski definition) is 3. The van der Waals surface area contributed by atoms with Crippen molar-refractivity contribution in [1.82, 2.24) is 29.8 Å². The number of carbonyl (C=O) groups excluding carboxylic acids is 4. The van der Waals surface area contributed by atoms with Gasteiger partial charge in [0.15, 0.2) is 17.9 Å². The summed E-state index contributed by atoms with van der Waals surface area (Å²) in [6.07, 6.45) is 8.82. The molecule has 0 aliphatic rings. The molecule has 0 saturated carbocycles. The van der Waals surface area contributed by atoms with Gasteiger partial charge in [0.2, 0.25) is 6.41 Å². The topological polar surface area (TPSA) is 218 Å². The number of esters is 1. The third kappa shape index (κ3) is 11.0. The van der Waals surface area contributed by atoms with Crippen LogP contribution in [0.2, 0.25) is 0 Å². The molecule has 0 bridgehead atoms. The Bertz CT molecular complexity index is 2170. The van der Waals surface area contributed by atoms with E-state index in [1.807, 2.05) is 12.1 Å². The van der Waals surface area contributed by atoms with Gasteiger partial charge in [-0.15, -0.1) is 0 Å². The molecule has 0 spiro atoms. The summed E-state index contributed by atoms with van der Waals surface area (Å²) < 4.78 is 22.5. The van der Waals surface area contributed by atoms with Crippen molar-refractivity contribution in [3.05, 3.63) is 107 Å². The standard InChI is InChI=1S/C38H39N9O9/c1-53-35(51)23-47-22-28(8-10-34(47)50)46(25-49)14-16-56-18-17-55-15-13-41-38(52)26-7-9-32(42-20-26)45-33-19-31(27(24-48)21-43-33)44-30-6-3-5-29(36(30)54-2)37-39-11-4-12-40-37/h3-12,19-22,24-25H,13-18,23H2,1-2H3,(H,41,52)(H2,42,43,44,45). The maximum Gasteiger partial charge on any atom is 0.325 e. The minimum atomic E-state index is -0.590. The summed E-state index contributed by atoms with van der Waals surface area (Å²) in [7, 11) is 2.76. The van der Waals surface area contributed by atoms with Crippen LogP contribution in [-0.2, 0) is 30.3 Å². The molecule has 0 radical (unpaired) electrons. The number of nitrogens with one attached hydrogen (secondary N) is 3. The minimum absolute atomic E-state index is 0.194. The number of aldehydes is 1. The quantitative estimate of drug-likeness (QED) is 0.0556. The van der Waals surface area contributed by atoms with Crippen molar-refractivity contribution in [2.75, 3.05) is 69.3 Å². The molecule has 5 aromatic rings. The Morgan fingerprint density at radius 2 is 1.62 bits per heavy atom. The molecule has 18 heteroatoms. The Hall–Kier alpha value is -7.05. The third-order valence-electron chi connectivity index (χ3n) is 7.97. The second kappa shape index (κ2) is 20.4. The molecule has 0 unspecified atom stereocenters. The number of carbonyl (C=O) groups is 4. The van der Waals surface area contributed by atoms with Gasteiger partial charge >= 0.3 is 5.97 Å². The Morgan fingerprint density at radius 1 is 0.839 bits per heavy atom. The van der Waals surface area contributed by atoms with E-state index < -0.39 is 11.5 Å². The predicted molar refractivity (Wildman–Crippen MR) is 205 cm³/mol. The van der Waals surface area contributed by atoms with Crippen LogP contribution in [0.5, 0.6) is 5.75 Å². The van der Waals surface area contributed by atoms with Gasteiger partial charge in [-0.25, -0.2) is 19.9 Å². The van der Waals surface area contributed by atoms with Crippen LogP contribution in [0.3, 0.4) is 0 Å². The van der Waals surface area contributed by atoms with Crippen LogP contribution in [0.15, 0.2) is 90.4 Å². The second-order valence-electron chi connectivity index (χ2n) is 11.6. The number of methoxy groups -OCH3 is 2. The summed E-state index contributed by atoms with van der Waals surface area (Å²) in [5.74, 6) is 0.863. The van der Waals surface area contributed by atoms with Gasteiger partial charge in [0.05, 0.1) is 74.4 Å². The molecule has 0 fully saturated rings. The van der Waals surface area contributed by atoms with Gasteiger partial charge in [0.1, 0.15) is 18.2 Å². The van der Waals surface area contributed by atoms with Crippen molar-refractivity contribution < 1.29 is 38.1 Å². The van der Waals surface area contributed by atoms with E-state index in [1.54, 1.807) is 42.7 Å². The van der Waals surface area contributed by atoms with Crippen molar-refractivity contribution in [3.8, 4) is 17.1 Å². The van der Waals surface area contributed by atoms with Gasteiger partial charge in [0, 0.05) is 56.2 Å². The van der Waals surface area contributed by atoms with Crippen LogP contribution in [0.25, 0.3) is 11.4 Å². The van der Waals surface area contributed by atoms with Crippen LogP contribution >= 0.6 is 0 Å². The fourth-order valence-electron chi connectivity index (χ4n) is 5.17. The van der Waals surface area contributed by atoms with Crippen molar-refractivity contribution in [2.45, 2.75) is 6.54 Å². The SMILES string of the molecule is COC(=O)Cn1cc(N(C=O)CCOCCOCCNC(=O)c2ccc(Nc3cc(Nc4cccc(-c5ncccn5)c4OC)c(C=O)cn3)nc2)ccc1=O. The van der Waals surface area contributed by atoms with Crippen molar-refractivity contribution in [1.29, 1.82) is 0 Å². The van der Waals surface area contributed by atoms with E-state index in [0.717, 1.165) is 4.57 Å². The zero-order valence-corrected chi connectivity index (χ0v) is 30.5. The normalized spacial score (nSPS) is 10.6. The first-order chi connectivity index (χ1) is 27.3. The number of anilines is 5. The Kier molecular flexibility index (Phi) is 14.6. The highest BCUT2D eigenvalue weighted by Gasteiger charge is 2.16. The molecule has 3 N–H and O–H groups in total. The van der Waals surface area contributed by atoms with Gasteiger partial charge in [-0.05, 0) is 36.4 Å². The molecular weight excluding hydrogens is 726 g/mol. The highest BCUT2D eigenvalue weighted by Crippen LogP contribution is 2.37.